The van der Waals surface area contributed by atoms with Crippen molar-refractivity contribution in [2.75, 3.05) is 40.2 Å². The summed E-state index contributed by atoms with van der Waals surface area (Å²) in [6.45, 7) is 2.04. The molecule has 2 fully saturated rings. The summed E-state index contributed by atoms with van der Waals surface area (Å²) in [4.78, 5) is 54.7. The maximum Gasteiger partial charge on any atom is 0.323 e. The number of urea groups is 2. The predicted molar refractivity (Wildman–Crippen MR) is 370 cm³/mol. The highest BCUT2D eigenvalue weighted by molar-refractivity contribution is 6.14. The molecule has 99 heavy (non-hydrogen) atoms. The molecule has 8 heterocycles. The Morgan fingerprint density at radius 1 is 0.495 bits per heavy atom. The molecule has 4 amide bonds. The van der Waals surface area contributed by atoms with Crippen LogP contribution in [0.4, 0.5) is 70.1 Å². The molecule has 19 nitrogen and oxygen atoms in total. The summed E-state index contributed by atoms with van der Waals surface area (Å²) < 4.78 is 93.8. The maximum atomic E-state index is 13.4. The first-order valence-corrected chi connectivity index (χ1v) is 31.3. The molecule has 6 N–H and O–H groups in total. The smallest absolute Gasteiger partial charge is 0.323 e. The van der Waals surface area contributed by atoms with Crippen LogP contribution in [0.1, 0.15) is 90.6 Å². The van der Waals surface area contributed by atoms with Crippen molar-refractivity contribution in [1.82, 2.24) is 34.5 Å². The maximum absolute atomic E-state index is 13.4. The number of allylic oxidation sites excluding steroid dienone is 1. The minimum absolute atomic E-state index is 0.00174. The van der Waals surface area contributed by atoms with Crippen molar-refractivity contribution in [2.45, 2.75) is 57.5 Å². The highest BCUT2D eigenvalue weighted by Gasteiger charge is 2.23. The molecule has 0 bridgehead atoms. The second-order valence-electron chi connectivity index (χ2n) is 22.5. The Bertz CT molecular complexity index is 4780. The first-order valence-electron chi connectivity index (χ1n) is 31.3. The number of isocyanates is 1. The van der Waals surface area contributed by atoms with Gasteiger partial charge in [0.05, 0.1) is 57.4 Å². The lowest BCUT2D eigenvalue weighted by atomic mass is 10.0. The number of hydrogen-bond acceptors (Lipinski definition) is 13. The number of nitrogens with one attached hydrogen (secondary N) is 4. The summed E-state index contributed by atoms with van der Waals surface area (Å²) in [5.41, 5.74) is 16.5. The number of pyridine rings is 3. The average Bonchev–Trinajstić information content (AvgIpc) is 1.64. The molecule has 6 aromatic carbocycles. The Morgan fingerprint density at radius 3 is 1.40 bits per heavy atom. The van der Waals surface area contributed by atoms with Gasteiger partial charge in [0.1, 0.15) is 34.9 Å². The number of benzene rings is 6. The van der Waals surface area contributed by atoms with E-state index in [9.17, 15) is 40.7 Å². The van der Waals surface area contributed by atoms with Crippen molar-refractivity contribution >= 4 is 110 Å². The second-order valence-corrected chi connectivity index (χ2v) is 22.5. The minimum Gasteiger partial charge on any atom is -0.399 e. The average molecular weight is 1340 g/mol. The fraction of sp³-hybridized carbons (Fsp3) is 0.149. The normalized spacial score (nSPS) is 14.8. The van der Waals surface area contributed by atoms with Gasteiger partial charge in [0.15, 0.2) is 12.5 Å². The number of ether oxygens (including phenoxy) is 2. The van der Waals surface area contributed by atoms with Crippen LogP contribution in [0.25, 0.3) is 52.2 Å². The van der Waals surface area contributed by atoms with Gasteiger partial charge in [0, 0.05) is 107 Å². The molecule has 25 heteroatoms. The van der Waals surface area contributed by atoms with E-state index in [1.54, 1.807) is 30.7 Å². The van der Waals surface area contributed by atoms with Crippen molar-refractivity contribution in [2.24, 2.45) is 9.98 Å². The molecule has 2 saturated heterocycles. The Hall–Kier alpha value is -12.2. The number of carbonyl (C=O) groups is 2. The van der Waals surface area contributed by atoms with Crippen molar-refractivity contribution < 1.29 is 50.2 Å². The van der Waals surface area contributed by atoms with Crippen LogP contribution in [0, 0.1) is 34.9 Å². The largest absolute Gasteiger partial charge is 0.399 e. The lowest BCUT2D eigenvalue weighted by Crippen LogP contribution is -2.20. The first kappa shape index (κ1) is 68.2. The zero-order chi connectivity index (χ0) is 69.0. The molecule has 11 aromatic rings. The number of rotatable bonds is 13. The van der Waals surface area contributed by atoms with E-state index in [1.807, 2.05) is 143 Å². The summed E-state index contributed by atoms with van der Waals surface area (Å²) in [6, 6.07) is 40.9. The number of aliphatic imine (C=N–C) groups is 2. The quantitative estimate of drug-likeness (QED) is 0.0315. The third-order valence-electron chi connectivity index (χ3n) is 15.2. The van der Waals surface area contributed by atoms with Crippen LogP contribution in [0.2, 0.25) is 0 Å². The topological polar surface area (TPSA) is 243 Å². The Labute approximate surface area is 563 Å². The highest BCUT2D eigenvalue weighted by atomic mass is 19.2. The van der Waals surface area contributed by atoms with Crippen LogP contribution in [-0.4, -0.2) is 71.6 Å². The molecule has 2 atom stereocenters. The Balaban J connectivity index is 0.000000141. The van der Waals surface area contributed by atoms with Gasteiger partial charge in [-0.2, -0.15) is 15.2 Å². The summed E-state index contributed by atoms with van der Waals surface area (Å²) >= 11 is 0. The molecule has 5 aromatic heterocycles. The minimum atomic E-state index is -0.775. The molecule has 0 aliphatic carbocycles. The molecular weight excluding hydrogens is 1280 g/mol. The molecule has 14 rings (SSSR count). The van der Waals surface area contributed by atoms with Crippen LogP contribution in [0.15, 0.2) is 198 Å². The van der Waals surface area contributed by atoms with Crippen molar-refractivity contribution in [3.05, 3.63) is 263 Å². The standard InChI is InChI=1S/C26H23F2N5O2.C22H16F2N4O.C19H20N4O.C7H3F2NO/c27-17-13-18(28)15-21(14-17)31-26(34)30-20-8-10-24-22(16-20)23(9-7-19-5-1-3-11-29-19)32-33(24)25-6-2-4-12-35-25;23-15-9-16(24)11-19(10-15)28-22(29)27-18-5-4-14-13-26-21(20(14)12-18)7-6-17-3-1-2-8-25-17;20-14-7-10-18-16(13-14)17(9-8-15-5-1-3-11-21-15)22-23(18)19-6-2-4-12-24-19;8-5-1-6(9)3-7(2-5)10-4-11/h1,3,5,7-11,13-16,25H,2,4,6,12H2,(H2,30,31,34);1-12H,13H2,(H2,27,28,29);1,3,5,7-11,13,19H,2,4,6,12,20H2;1-3H/b9-7+;7-6+;9-8+;. The third kappa shape index (κ3) is 19.1. The van der Waals surface area contributed by atoms with Gasteiger partial charge in [-0.05, 0) is 190 Å². The molecule has 0 radical (unpaired) electrons. The number of carbonyl (C=O) groups excluding carboxylic acids is 3. The fourth-order valence-corrected chi connectivity index (χ4v) is 10.8. The highest BCUT2D eigenvalue weighted by Crippen LogP contribution is 2.33. The molecule has 0 spiro atoms. The summed E-state index contributed by atoms with van der Waals surface area (Å²) in [5, 5.41) is 21.7. The number of halogens is 6. The number of aromatic nitrogens is 7. The molecule has 0 saturated carbocycles. The number of nitrogens with two attached hydrogens (primary N) is 1. The van der Waals surface area contributed by atoms with E-state index in [1.165, 1.54) is 12.5 Å². The van der Waals surface area contributed by atoms with E-state index >= 15 is 0 Å². The van der Waals surface area contributed by atoms with Gasteiger partial charge < -0.3 is 36.5 Å². The van der Waals surface area contributed by atoms with Gasteiger partial charge in [0.2, 0.25) is 6.08 Å². The Morgan fingerprint density at radius 2 is 0.939 bits per heavy atom. The molecule has 3 aliphatic heterocycles. The number of amides is 4. The predicted octanol–water partition coefficient (Wildman–Crippen LogP) is 17.1. The monoisotopic (exact) mass is 1340 g/mol. The zero-order valence-corrected chi connectivity index (χ0v) is 52.7. The molecular formula is C74H62F6N14O5. The van der Waals surface area contributed by atoms with Crippen molar-refractivity contribution in [3.63, 3.8) is 0 Å². The van der Waals surface area contributed by atoms with Crippen molar-refractivity contribution in [1.29, 1.82) is 0 Å². The lowest BCUT2D eigenvalue weighted by Gasteiger charge is -2.23. The molecule has 500 valence electrons. The third-order valence-corrected chi connectivity index (χ3v) is 15.2. The van der Waals surface area contributed by atoms with E-state index in [0.29, 0.717) is 36.3 Å². The van der Waals surface area contributed by atoms with Crippen LogP contribution < -0.4 is 27.0 Å². The first-order chi connectivity index (χ1) is 48.1. The van der Waals surface area contributed by atoms with Gasteiger partial charge >= 0.3 is 12.1 Å². The van der Waals surface area contributed by atoms with Crippen molar-refractivity contribution in [3.8, 4) is 0 Å². The van der Waals surface area contributed by atoms with E-state index in [-0.39, 0.29) is 29.5 Å². The number of nitrogen functional groups attached to an aromatic ring is 1. The van der Waals surface area contributed by atoms with Gasteiger partial charge in [-0.3, -0.25) is 19.9 Å². The van der Waals surface area contributed by atoms with Gasteiger partial charge in [-0.1, -0.05) is 24.3 Å². The second kappa shape index (κ2) is 33.0. The lowest BCUT2D eigenvalue weighted by molar-refractivity contribution is -0.0368. The zero-order valence-electron chi connectivity index (χ0n) is 52.7. The number of anilines is 5. The van der Waals surface area contributed by atoms with E-state index in [2.05, 4.69) is 46.2 Å². The number of hydrogen-bond donors (Lipinski definition) is 5. The molecule has 3 aliphatic rings. The summed E-state index contributed by atoms with van der Waals surface area (Å²) in [7, 11) is 0. The van der Waals surface area contributed by atoms with Gasteiger partial charge in [0.25, 0.3) is 0 Å². The Kier molecular flexibility index (Phi) is 22.7. The molecule has 2 unspecified atom stereocenters. The van der Waals surface area contributed by atoms with Gasteiger partial charge in [-0.25, -0.2) is 50.1 Å². The van der Waals surface area contributed by atoms with Crippen LogP contribution in [0.5, 0.6) is 0 Å². The SMILES string of the molecule is Nc1ccc2c(c1)c(/C=C/c1ccccn1)nn2C1CCCCO1.O=C(Nc1cc(F)cc(F)c1)Nc1ccc2c(c1)C(/C=C/c1ccccn1)=NC2.O=C(Nc1cc(F)cc(F)c1)Nc1ccc2c(c1)c(/C=C/c1ccccn1)nn2C1CCCCO1.O=C=Nc1cc(F)cc(F)c1. The van der Waals surface area contributed by atoms with Crippen LogP contribution in [0.3, 0.4) is 0 Å². The van der Waals surface area contributed by atoms with Crippen LogP contribution in [-0.2, 0) is 20.8 Å². The van der Waals surface area contributed by atoms with E-state index in [0.717, 1.165) is 154 Å². The summed E-state index contributed by atoms with van der Waals surface area (Å²) in [5.74, 6) is -4.61. The van der Waals surface area contributed by atoms with E-state index < -0.39 is 47.0 Å². The van der Waals surface area contributed by atoms with E-state index in [4.69, 9.17) is 25.4 Å². The van der Waals surface area contributed by atoms with Crippen LogP contribution >= 0.6 is 0 Å². The fourth-order valence-electron chi connectivity index (χ4n) is 10.8. The van der Waals surface area contributed by atoms with Gasteiger partial charge in [-0.15, -0.1) is 0 Å². The number of nitrogens with zero attached hydrogens (tertiary/aromatic N) is 9. The summed E-state index contributed by atoms with van der Waals surface area (Å²) in [6.07, 6.45) is 23.9. The number of fused-ring (bicyclic) bond motifs is 3.